The molecule has 0 bridgehead atoms. The molecular formula is C27H36N2O5. The average Bonchev–Trinajstić information content (AvgIpc) is 3.06. The van der Waals surface area contributed by atoms with E-state index in [0.29, 0.717) is 12.3 Å². The number of hydrogen-bond acceptors (Lipinski definition) is 6. The molecule has 0 N–H and O–H groups in total. The highest BCUT2D eigenvalue weighted by atomic mass is 16.5. The Kier molecular flexibility index (Phi) is 7.51. The molecule has 1 aliphatic heterocycles. The Hall–Kier alpha value is -2.93. The molecule has 0 saturated carbocycles. The van der Waals surface area contributed by atoms with Crippen molar-refractivity contribution in [1.82, 2.24) is 9.80 Å². The van der Waals surface area contributed by atoms with Crippen LogP contribution in [0.4, 0.5) is 0 Å². The smallest absolute Gasteiger partial charge is 0.223 e. The van der Waals surface area contributed by atoms with Gasteiger partial charge in [-0.2, -0.15) is 0 Å². The van der Waals surface area contributed by atoms with Gasteiger partial charge in [0.25, 0.3) is 0 Å². The number of nitrogens with zero attached hydrogens (tertiary/aromatic N) is 2. The van der Waals surface area contributed by atoms with E-state index in [-0.39, 0.29) is 5.91 Å². The first kappa shape index (κ1) is 24.2. The SMILES string of the molecule is COc1cc2c(cc1OC)CCN(C(=O)CCN(C)C[C@@H]1Cc3cc(OC)c(OC)cc31)CC2. The predicted octanol–water partition coefficient (Wildman–Crippen LogP) is 3.31. The Balaban J connectivity index is 1.28. The number of likely N-dealkylation sites (N-methyl/N-ethyl adjacent to an activating group) is 1. The summed E-state index contributed by atoms with van der Waals surface area (Å²) in [5.41, 5.74) is 5.12. The molecule has 2 aliphatic rings. The highest BCUT2D eigenvalue weighted by Gasteiger charge is 2.29. The van der Waals surface area contributed by atoms with E-state index in [1.165, 1.54) is 22.3 Å². The number of hydrogen-bond donors (Lipinski definition) is 0. The summed E-state index contributed by atoms with van der Waals surface area (Å²) in [4.78, 5) is 17.3. The van der Waals surface area contributed by atoms with Gasteiger partial charge in [-0.1, -0.05) is 0 Å². The van der Waals surface area contributed by atoms with Crippen molar-refractivity contribution in [1.29, 1.82) is 0 Å². The molecule has 0 fully saturated rings. The summed E-state index contributed by atoms with van der Waals surface area (Å²) in [5, 5.41) is 0. The number of methoxy groups -OCH3 is 4. The Morgan fingerprint density at radius 1 is 0.853 bits per heavy atom. The lowest BCUT2D eigenvalue weighted by Gasteiger charge is -2.34. The zero-order valence-electron chi connectivity index (χ0n) is 21.0. The zero-order valence-corrected chi connectivity index (χ0v) is 21.0. The molecule has 0 unspecified atom stereocenters. The van der Waals surface area contributed by atoms with Crippen LogP contribution in [-0.4, -0.2) is 77.4 Å². The lowest BCUT2D eigenvalue weighted by molar-refractivity contribution is -0.131. The fourth-order valence-electron chi connectivity index (χ4n) is 5.11. The minimum Gasteiger partial charge on any atom is -0.493 e. The van der Waals surface area contributed by atoms with Crippen molar-refractivity contribution >= 4 is 5.91 Å². The normalized spacial score (nSPS) is 16.8. The number of benzene rings is 2. The van der Waals surface area contributed by atoms with Gasteiger partial charge >= 0.3 is 0 Å². The molecule has 0 radical (unpaired) electrons. The molecule has 184 valence electrons. The molecule has 0 spiro atoms. The second-order valence-corrected chi connectivity index (χ2v) is 9.18. The van der Waals surface area contributed by atoms with Gasteiger partial charge in [0.05, 0.1) is 28.4 Å². The quantitative estimate of drug-likeness (QED) is 0.563. The molecule has 2 aromatic rings. The van der Waals surface area contributed by atoms with Gasteiger partial charge in [0.2, 0.25) is 5.91 Å². The molecule has 34 heavy (non-hydrogen) atoms. The third-order valence-corrected chi connectivity index (χ3v) is 7.15. The Labute approximate surface area is 202 Å². The van der Waals surface area contributed by atoms with E-state index in [0.717, 1.165) is 68.4 Å². The van der Waals surface area contributed by atoms with Crippen LogP contribution in [0.5, 0.6) is 23.0 Å². The van der Waals surface area contributed by atoms with Crippen LogP contribution < -0.4 is 18.9 Å². The highest BCUT2D eigenvalue weighted by Crippen LogP contribution is 2.42. The van der Waals surface area contributed by atoms with Gasteiger partial charge in [-0.25, -0.2) is 0 Å². The Bertz CT molecular complexity index is 1000. The molecular weight excluding hydrogens is 432 g/mol. The van der Waals surface area contributed by atoms with Gasteiger partial charge in [-0.15, -0.1) is 0 Å². The number of carbonyl (C=O) groups excluding carboxylic acids is 1. The fourth-order valence-corrected chi connectivity index (χ4v) is 5.11. The number of carbonyl (C=O) groups is 1. The van der Waals surface area contributed by atoms with Gasteiger partial charge in [-0.05, 0) is 72.8 Å². The van der Waals surface area contributed by atoms with E-state index < -0.39 is 0 Å². The number of ether oxygens (including phenoxy) is 4. The number of fused-ring (bicyclic) bond motifs is 2. The minimum atomic E-state index is 0.221. The van der Waals surface area contributed by atoms with Crippen LogP contribution in [0, 0.1) is 0 Å². The number of rotatable bonds is 9. The molecule has 7 nitrogen and oxygen atoms in total. The maximum absolute atomic E-state index is 13.0. The van der Waals surface area contributed by atoms with E-state index in [1.54, 1.807) is 28.4 Å². The maximum Gasteiger partial charge on any atom is 0.223 e. The number of amides is 1. The van der Waals surface area contributed by atoms with Gasteiger partial charge in [-0.3, -0.25) is 4.79 Å². The van der Waals surface area contributed by atoms with Crippen LogP contribution >= 0.6 is 0 Å². The van der Waals surface area contributed by atoms with E-state index in [9.17, 15) is 4.79 Å². The molecule has 1 atom stereocenters. The van der Waals surface area contributed by atoms with E-state index in [2.05, 4.69) is 36.2 Å². The van der Waals surface area contributed by atoms with Crippen LogP contribution in [0.15, 0.2) is 24.3 Å². The van der Waals surface area contributed by atoms with Crippen molar-refractivity contribution in [3.05, 3.63) is 46.5 Å². The van der Waals surface area contributed by atoms with Crippen molar-refractivity contribution in [3.8, 4) is 23.0 Å². The standard InChI is InChI=1S/C27H36N2O5/c1-28(17-21-12-20-15-25(33-4)26(34-5)16-22(20)21)9-8-27(30)29-10-6-18-13-23(31-2)24(32-3)14-19(18)7-11-29/h13-16,21H,6-12,17H2,1-5H3/t21-/m0/s1. The summed E-state index contributed by atoms with van der Waals surface area (Å²) >= 11 is 0. The molecule has 0 saturated heterocycles. The van der Waals surface area contributed by atoms with Crippen LogP contribution in [0.1, 0.15) is 34.6 Å². The molecule has 1 amide bonds. The first-order chi connectivity index (χ1) is 16.5. The lowest BCUT2D eigenvalue weighted by atomic mass is 9.77. The molecule has 1 aliphatic carbocycles. The van der Waals surface area contributed by atoms with E-state index >= 15 is 0 Å². The van der Waals surface area contributed by atoms with Crippen LogP contribution in [0.25, 0.3) is 0 Å². The van der Waals surface area contributed by atoms with Gasteiger partial charge in [0.15, 0.2) is 23.0 Å². The zero-order chi connectivity index (χ0) is 24.2. The molecule has 2 aromatic carbocycles. The minimum absolute atomic E-state index is 0.221. The Morgan fingerprint density at radius 3 is 1.88 bits per heavy atom. The van der Waals surface area contributed by atoms with E-state index in [4.69, 9.17) is 18.9 Å². The maximum atomic E-state index is 13.0. The summed E-state index contributed by atoms with van der Waals surface area (Å²) in [6.07, 6.45) is 3.24. The summed E-state index contributed by atoms with van der Waals surface area (Å²) in [6, 6.07) is 8.28. The monoisotopic (exact) mass is 468 g/mol. The second kappa shape index (κ2) is 10.6. The lowest BCUT2D eigenvalue weighted by Crippen LogP contribution is -2.37. The average molecular weight is 469 g/mol. The van der Waals surface area contributed by atoms with Gasteiger partial charge < -0.3 is 28.7 Å². The Morgan fingerprint density at radius 2 is 1.35 bits per heavy atom. The summed E-state index contributed by atoms with van der Waals surface area (Å²) in [5.74, 6) is 3.75. The first-order valence-electron chi connectivity index (χ1n) is 11.9. The third-order valence-electron chi connectivity index (χ3n) is 7.15. The second-order valence-electron chi connectivity index (χ2n) is 9.18. The summed E-state index contributed by atoms with van der Waals surface area (Å²) in [7, 11) is 8.75. The van der Waals surface area contributed by atoms with Crippen molar-refractivity contribution in [2.24, 2.45) is 0 Å². The van der Waals surface area contributed by atoms with Crippen LogP contribution in [0.2, 0.25) is 0 Å². The molecule has 0 aromatic heterocycles. The molecule has 4 rings (SSSR count). The highest BCUT2D eigenvalue weighted by molar-refractivity contribution is 5.76. The largest absolute Gasteiger partial charge is 0.493 e. The topological polar surface area (TPSA) is 60.5 Å². The van der Waals surface area contributed by atoms with Gasteiger partial charge in [0.1, 0.15) is 0 Å². The van der Waals surface area contributed by atoms with Crippen molar-refractivity contribution in [3.63, 3.8) is 0 Å². The molecule has 7 heteroatoms. The van der Waals surface area contributed by atoms with Crippen molar-refractivity contribution in [2.45, 2.75) is 31.6 Å². The van der Waals surface area contributed by atoms with Crippen molar-refractivity contribution < 1.29 is 23.7 Å². The molecule has 1 heterocycles. The van der Waals surface area contributed by atoms with E-state index in [1.807, 2.05) is 4.90 Å². The van der Waals surface area contributed by atoms with Crippen LogP contribution in [0.3, 0.4) is 0 Å². The summed E-state index contributed by atoms with van der Waals surface area (Å²) in [6.45, 7) is 3.16. The van der Waals surface area contributed by atoms with Crippen molar-refractivity contribution in [2.75, 3.05) is 61.7 Å². The summed E-state index contributed by atoms with van der Waals surface area (Å²) < 4.78 is 21.8. The third kappa shape index (κ3) is 4.94. The van der Waals surface area contributed by atoms with Gasteiger partial charge in [0, 0.05) is 38.5 Å². The van der Waals surface area contributed by atoms with Crippen LogP contribution in [-0.2, 0) is 24.1 Å². The fraction of sp³-hybridized carbons (Fsp3) is 0.519. The first-order valence-corrected chi connectivity index (χ1v) is 11.9. The predicted molar refractivity (Wildman–Crippen MR) is 132 cm³/mol.